The highest BCUT2D eigenvalue weighted by Gasteiger charge is 2.25. The van der Waals surface area contributed by atoms with Crippen LogP contribution >= 0.6 is 0 Å². The molecule has 7 nitrogen and oxygen atoms in total. The van der Waals surface area contributed by atoms with Crippen LogP contribution in [0.4, 0.5) is 8.78 Å². The molecular weight excluding hydrogens is 917 g/mol. The maximum Gasteiger partial charge on any atom is 0.126 e. The van der Waals surface area contributed by atoms with Crippen molar-refractivity contribution < 1.29 is 8.78 Å². The first kappa shape index (κ1) is 44.3. The molecule has 0 spiro atoms. The fourth-order valence-electron chi connectivity index (χ4n) is 10.5. The quantitative estimate of drug-likeness (QED) is 0.157. The lowest BCUT2D eigenvalue weighted by molar-refractivity contribution is 0.584. The maximum absolute atomic E-state index is 15.4. The van der Waals surface area contributed by atoms with E-state index < -0.39 is 11.6 Å². The lowest BCUT2D eigenvalue weighted by atomic mass is 9.96. The number of halogens is 2. The van der Waals surface area contributed by atoms with Crippen molar-refractivity contribution in [2.45, 2.75) is 0 Å². The Labute approximate surface area is 423 Å². The highest BCUT2D eigenvalue weighted by atomic mass is 19.1. The van der Waals surface area contributed by atoms with E-state index in [0.717, 1.165) is 72.1 Å². The second-order valence-electron chi connectivity index (χ2n) is 17.9. The molecule has 0 fully saturated rings. The van der Waals surface area contributed by atoms with Crippen LogP contribution in [-0.2, 0) is 0 Å². The monoisotopic (exact) mass is 949 g/mol. The van der Waals surface area contributed by atoms with E-state index in [-0.39, 0.29) is 11.1 Å². The normalized spacial score (nSPS) is 11.0. The number of aromatic nitrogens is 2. The smallest absolute Gasteiger partial charge is 0.126 e. The standard InChI is InChI=1S/C65H33F2N7/c66-49-25-47(26-50(67)33-49)48-31-64(73-60-21-17-39(51-13-5-1-9-43(51)34-68)27-55(60)56-28-40(18-22-61(56)73)52-14-6-2-10-44(52)35-69)59(38-72)65(32-48)74-62-23-19-41(53-15-7-3-11-45(53)36-70)29-57(62)58-30-42(20-24-63(58)74)54-16-8-4-12-46(54)37-71/h1-33H. The first-order valence-electron chi connectivity index (χ1n) is 23.5. The number of hydrogen-bond acceptors (Lipinski definition) is 5. The van der Waals surface area contributed by atoms with E-state index >= 15 is 8.78 Å². The third-order valence-corrected chi connectivity index (χ3v) is 13.9. The molecule has 0 saturated carbocycles. The van der Waals surface area contributed by atoms with E-state index in [9.17, 15) is 26.3 Å². The molecule has 0 amide bonds. The minimum atomic E-state index is -0.771. The Morgan fingerprint density at radius 2 is 0.568 bits per heavy atom. The highest BCUT2D eigenvalue weighted by molar-refractivity contribution is 6.14. The van der Waals surface area contributed by atoms with Crippen molar-refractivity contribution in [1.29, 1.82) is 26.3 Å². The van der Waals surface area contributed by atoms with Crippen LogP contribution in [0.3, 0.4) is 0 Å². The third kappa shape index (κ3) is 7.20. The zero-order valence-corrected chi connectivity index (χ0v) is 38.9. The van der Waals surface area contributed by atoms with Gasteiger partial charge in [-0.15, -0.1) is 0 Å². The molecule has 0 radical (unpaired) electrons. The summed E-state index contributed by atoms with van der Waals surface area (Å²) < 4.78 is 34.8. The minimum absolute atomic E-state index is 0.243. The largest absolute Gasteiger partial charge is 0.308 e. The van der Waals surface area contributed by atoms with Crippen LogP contribution in [0.25, 0.3) is 111 Å². The van der Waals surface area contributed by atoms with E-state index in [1.165, 1.54) is 12.1 Å². The second-order valence-corrected chi connectivity index (χ2v) is 17.9. The Kier molecular flexibility index (Phi) is 10.7. The number of nitrogens with zero attached hydrogens (tertiary/aromatic N) is 7. The average Bonchev–Trinajstić information content (AvgIpc) is 3.95. The van der Waals surface area contributed by atoms with Gasteiger partial charge in [0.1, 0.15) is 23.3 Å². The molecule has 12 aromatic rings. The van der Waals surface area contributed by atoms with Gasteiger partial charge in [0.05, 0.1) is 80.0 Å². The summed E-state index contributed by atoms with van der Waals surface area (Å²) in [6.45, 7) is 0. The lowest BCUT2D eigenvalue weighted by Crippen LogP contribution is -2.05. The summed E-state index contributed by atoms with van der Waals surface area (Å²) in [5.74, 6) is -1.54. The van der Waals surface area contributed by atoms with E-state index in [0.29, 0.717) is 61.3 Å². The molecule has 342 valence electrons. The fourth-order valence-corrected chi connectivity index (χ4v) is 10.5. The summed E-state index contributed by atoms with van der Waals surface area (Å²) in [7, 11) is 0. The molecule has 0 aliphatic heterocycles. The molecule has 0 unspecified atom stereocenters. The molecule has 12 rings (SSSR count). The molecule has 2 heterocycles. The molecule has 0 aliphatic rings. The van der Waals surface area contributed by atoms with Gasteiger partial charge in [-0.3, -0.25) is 0 Å². The van der Waals surface area contributed by atoms with Crippen LogP contribution < -0.4 is 0 Å². The number of fused-ring (bicyclic) bond motifs is 6. The summed E-state index contributed by atoms with van der Waals surface area (Å²) in [6, 6.07) is 72.0. The van der Waals surface area contributed by atoms with Crippen molar-refractivity contribution in [2.75, 3.05) is 0 Å². The number of nitriles is 5. The first-order valence-corrected chi connectivity index (χ1v) is 23.5. The summed E-state index contributed by atoms with van der Waals surface area (Å²) in [5.41, 5.74) is 12.7. The van der Waals surface area contributed by atoms with Crippen molar-refractivity contribution in [3.63, 3.8) is 0 Å². The molecule has 9 heteroatoms. The highest BCUT2D eigenvalue weighted by Crippen LogP contribution is 2.44. The Bertz CT molecular complexity index is 4090. The Morgan fingerprint density at radius 1 is 0.284 bits per heavy atom. The van der Waals surface area contributed by atoms with Gasteiger partial charge in [-0.05, 0) is 153 Å². The van der Waals surface area contributed by atoms with Crippen LogP contribution in [0, 0.1) is 68.3 Å². The third-order valence-electron chi connectivity index (χ3n) is 13.9. The second kappa shape index (κ2) is 17.8. The van der Waals surface area contributed by atoms with Crippen LogP contribution in [0.5, 0.6) is 0 Å². The van der Waals surface area contributed by atoms with Gasteiger partial charge in [-0.2, -0.15) is 26.3 Å². The number of benzene rings is 10. The van der Waals surface area contributed by atoms with Crippen molar-refractivity contribution in [3.8, 4) is 97.4 Å². The maximum atomic E-state index is 15.4. The van der Waals surface area contributed by atoms with Gasteiger partial charge in [-0.25, -0.2) is 8.78 Å². The van der Waals surface area contributed by atoms with Crippen molar-refractivity contribution in [3.05, 3.63) is 240 Å². The Balaban J connectivity index is 1.20. The van der Waals surface area contributed by atoms with E-state index in [4.69, 9.17) is 0 Å². The van der Waals surface area contributed by atoms with Gasteiger partial charge in [0.15, 0.2) is 0 Å². The summed E-state index contributed by atoms with van der Waals surface area (Å²) in [6.07, 6.45) is 0. The predicted octanol–water partition coefficient (Wildman–Crippen LogP) is 15.9. The molecule has 0 atom stereocenters. The van der Waals surface area contributed by atoms with Gasteiger partial charge in [0.2, 0.25) is 0 Å². The predicted molar refractivity (Wildman–Crippen MR) is 286 cm³/mol. The number of rotatable bonds is 7. The Hall–Kier alpha value is -10.9. The zero-order chi connectivity index (χ0) is 50.6. The van der Waals surface area contributed by atoms with Crippen molar-refractivity contribution >= 4 is 43.6 Å². The van der Waals surface area contributed by atoms with E-state index in [1.807, 2.05) is 155 Å². The van der Waals surface area contributed by atoms with Gasteiger partial charge in [0.25, 0.3) is 0 Å². The topological polar surface area (TPSA) is 129 Å². The van der Waals surface area contributed by atoms with Crippen LogP contribution in [0.1, 0.15) is 27.8 Å². The van der Waals surface area contributed by atoms with Crippen LogP contribution in [0.15, 0.2) is 200 Å². The minimum Gasteiger partial charge on any atom is -0.308 e. The molecule has 10 aromatic carbocycles. The van der Waals surface area contributed by atoms with E-state index in [1.54, 1.807) is 36.4 Å². The molecule has 74 heavy (non-hydrogen) atoms. The number of hydrogen-bond donors (Lipinski definition) is 0. The van der Waals surface area contributed by atoms with Gasteiger partial charge in [-0.1, -0.05) is 97.1 Å². The molecule has 0 saturated heterocycles. The summed E-state index contributed by atoms with van der Waals surface area (Å²) in [4.78, 5) is 0. The van der Waals surface area contributed by atoms with Gasteiger partial charge < -0.3 is 9.13 Å². The molecule has 0 aliphatic carbocycles. The molecule has 0 N–H and O–H groups in total. The summed E-state index contributed by atoms with van der Waals surface area (Å²) >= 11 is 0. The first-order chi connectivity index (χ1) is 36.3. The van der Waals surface area contributed by atoms with Crippen molar-refractivity contribution in [1.82, 2.24) is 9.13 Å². The molecule has 0 bridgehead atoms. The van der Waals surface area contributed by atoms with Crippen molar-refractivity contribution in [2.24, 2.45) is 0 Å². The average molecular weight is 950 g/mol. The zero-order valence-electron chi connectivity index (χ0n) is 38.9. The van der Waals surface area contributed by atoms with Crippen LogP contribution in [-0.4, -0.2) is 9.13 Å². The molecule has 2 aromatic heterocycles. The Morgan fingerprint density at radius 3 is 0.851 bits per heavy atom. The lowest BCUT2D eigenvalue weighted by Gasteiger charge is -2.19. The SMILES string of the molecule is N#Cc1ccccc1-c1ccc2c(c1)c1cc(-c3ccccc3C#N)ccc1n2-c1cc(-c2cc(F)cc(F)c2)cc(-n2c3ccc(-c4ccccc4C#N)cc3c3cc(-c4ccccc4C#N)ccc32)c1C#N. The van der Waals surface area contributed by atoms with Gasteiger partial charge >= 0.3 is 0 Å². The van der Waals surface area contributed by atoms with Gasteiger partial charge in [0, 0.05) is 27.6 Å². The summed E-state index contributed by atoms with van der Waals surface area (Å²) in [5, 5.41) is 55.6. The fraction of sp³-hybridized carbons (Fsp3) is 0. The molecular formula is C65H33F2N7. The van der Waals surface area contributed by atoms with E-state index in [2.05, 4.69) is 30.3 Å². The van der Waals surface area contributed by atoms with Crippen LogP contribution in [0.2, 0.25) is 0 Å².